The van der Waals surface area contributed by atoms with E-state index in [4.69, 9.17) is 4.74 Å². The number of aromatic nitrogens is 2. The minimum Gasteiger partial charge on any atom is -0.378 e. The Balaban J connectivity index is 1.46. The highest BCUT2D eigenvalue weighted by Crippen LogP contribution is 2.29. The molecule has 3 amide bonds. The first kappa shape index (κ1) is 19.7. The molecule has 0 radical (unpaired) electrons. The summed E-state index contributed by atoms with van der Waals surface area (Å²) in [4.78, 5) is 28.8. The maximum absolute atomic E-state index is 12.9. The zero-order valence-electron chi connectivity index (χ0n) is 17.0. The van der Waals surface area contributed by atoms with Crippen molar-refractivity contribution in [2.75, 3.05) is 45.9 Å². The van der Waals surface area contributed by atoms with Gasteiger partial charge in [-0.15, -0.1) is 0 Å². The van der Waals surface area contributed by atoms with E-state index in [0.717, 1.165) is 44.4 Å². The zero-order valence-corrected chi connectivity index (χ0v) is 17.0. The maximum Gasteiger partial charge on any atom is 0.317 e. The Kier molecular flexibility index (Phi) is 5.99. The van der Waals surface area contributed by atoms with E-state index in [1.165, 1.54) is 5.56 Å². The summed E-state index contributed by atoms with van der Waals surface area (Å²) in [5, 5.41) is 7.31. The molecule has 2 aromatic heterocycles. The number of piperidine rings is 1. The van der Waals surface area contributed by atoms with Crippen molar-refractivity contribution < 1.29 is 14.3 Å². The van der Waals surface area contributed by atoms with Gasteiger partial charge in [-0.1, -0.05) is 6.92 Å². The Morgan fingerprint density at radius 2 is 1.93 bits per heavy atom. The van der Waals surface area contributed by atoms with Crippen molar-refractivity contribution >= 4 is 17.5 Å². The number of carbonyl (C=O) groups is 2. The van der Waals surface area contributed by atoms with Crippen LogP contribution in [0.4, 0.5) is 4.79 Å². The standard InChI is InChI=1S/C21H29N5O3/c1-2-6-22-21(28)25-7-3-16(4-8-25)17-5-9-26-19(14-17)18(15-23-26)20(27)24-10-12-29-13-11-24/h5,9,14-16H,2-4,6-8,10-13H2,1H3,(H,22,28). The number of nitrogens with one attached hydrogen (secondary N) is 1. The number of nitrogens with zero attached hydrogens (tertiary/aromatic N) is 4. The minimum atomic E-state index is 0.0165. The molecular weight excluding hydrogens is 370 g/mol. The number of pyridine rings is 1. The van der Waals surface area contributed by atoms with Crippen LogP contribution in [0.3, 0.4) is 0 Å². The fraction of sp³-hybridized carbons (Fsp3) is 0.571. The van der Waals surface area contributed by atoms with E-state index >= 15 is 0 Å². The lowest BCUT2D eigenvalue weighted by atomic mass is 9.89. The van der Waals surface area contributed by atoms with E-state index < -0.39 is 0 Å². The number of urea groups is 1. The number of amides is 3. The molecule has 0 unspecified atom stereocenters. The number of carbonyl (C=O) groups excluding carboxylic acids is 2. The van der Waals surface area contributed by atoms with Gasteiger partial charge in [0.2, 0.25) is 0 Å². The van der Waals surface area contributed by atoms with Gasteiger partial charge in [-0.05, 0) is 42.9 Å². The topological polar surface area (TPSA) is 79.2 Å². The molecule has 156 valence electrons. The first-order valence-electron chi connectivity index (χ1n) is 10.5. The molecule has 2 aromatic rings. The summed E-state index contributed by atoms with van der Waals surface area (Å²) in [5.41, 5.74) is 2.70. The van der Waals surface area contributed by atoms with E-state index in [1.807, 2.05) is 16.0 Å². The van der Waals surface area contributed by atoms with Gasteiger partial charge in [0.15, 0.2) is 0 Å². The molecular formula is C21H29N5O3. The van der Waals surface area contributed by atoms with Crippen LogP contribution in [0.25, 0.3) is 5.52 Å². The Labute approximate surface area is 170 Å². The predicted molar refractivity (Wildman–Crippen MR) is 109 cm³/mol. The Morgan fingerprint density at radius 1 is 1.17 bits per heavy atom. The first-order valence-corrected chi connectivity index (χ1v) is 10.5. The maximum atomic E-state index is 12.9. The van der Waals surface area contributed by atoms with Crippen molar-refractivity contribution in [3.8, 4) is 0 Å². The van der Waals surface area contributed by atoms with Crippen molar-refractivity contribution in [1.82, 2.24) is 24.7 Å². The van der Waals surface area contributed by atoms with Crippen molar-refractivity contribution in [1.29, 1.82) is 0 Å². The molecule has 0 aromatic carbocycles. The molecule has 0 saturated carbocycles. The van der Waals surface area contributed by atoms with Gasteiger partial charge in [0.1, 0.15) is 0 Å². The van der Waals surface area contributed by atoms with E-state index in [2.05, 4.69) is 29.5 Å². The highest BCUT2D eigenvalue weighted by atomic mass is 16.5. The minimum absolute atomic E-state index is 0.0165. The molecule has 8 heteroatoms. The van der Waals surface area contributed by atoms with Gasteiger partial charge >= 0.3 is 6.03 Å². The highest BCUT2D eigenvalue weighted by Gasteiger charge is 2.25. The van der Waals surface area contributed by atoms with Crippen LogP contribution in [0, 0.1) is 0 Å². The van der Waals surface area contributed by atoms with Gasteiger partial charge in [-0.2, -0.15) is 5.10 Å². The lowest BCUT2D eigenvalue weighted by molar-refractivity contribution is 0.0304. The zero-order chi connectivity index (χ0) is 20.2. The fourth-order valence-corrected chi connectivity index (χ4v) is 4.11. The van der Waals surface area contributed by atoms with Gasteiger partial charge in [-0.3, -0.25) is 4.79 Å². The van der Waals surface area contributed by atoms with Crippen molar-refractivity contribution in [2.24, 2.45) is 0 Å². The summed E-state index contributed by atoms with van der Waals surface area (Å²) in [6, 6.07) is 4.22. The molecule has 0 atom stereocenters. The number of rotatable bonds is 4. The van der Waals surface area contributed by atoms with Gasteiger partial charge in [0.25, 0.3) is 5.91 Å². The molecule has 0 bridgehead atoms. The molecule has 8 nitrogen and oxygen atoms in total. The lowest BCUT2D eigenvalue weighted by Gasteiger charge is -2.32. The number of morpholine rings is 1. The third kappa shape index (κ3) is 4.22. The predicted octanol–water partition coefficient (Wildman–Crippen LogP) is 2.11. The van der Waals surface area contributed by atoms with Crippen LogP contribution >= 0.6 is 0 Å². The smallest absolute Gasteiger partial charge is 0.317 e. The van der Waals surface area contributed by atoms with Crippen LogP contribution in [0.2, 0.25) is 0 Å². The Morgan fingerprint density at radius 3 is 2.66 bits per heavy atom. The van der Waals surface area contributed by atoms with Crippen LogP contribution in [0.5, 0.6) is 0 Å². The van der Waals surface area contributed by atoms with Crippen molar-refractivity contribution in [3.63, 3.8) is 0 Å². The van der Waals surface area contributed by atoms with Gasteiger partial charge in [0.05, 0.1) is 30.5 Å². The monoisotopic (exact) mass is 399 g/mol. The van der Waals surface area contributed by atoms with Crippen molar-refractivity contribution in [3.05, 3.63) is 35.7 Å². The molecule has 0 spiro atoms. The SMILES string of the molecule is CCCNC(=O)N1CCC(c2ccn3ncc(C(=O)N4CCOCC4)c3c2)CC1. The van der Waals surface area contributed by atoms with Crippen LogP contribution in [-0.4, -0.2) is 77.3 Å². The lowest BCUT2D eigenvalue weighted by Crippen LogP contribution is -2.44. The quantitative estimate of drug-likeness (QED) is 0.854. The summed E-state index contributed by atoms with van der Waals surface area (Å²) in [5.74, 6) is 0.402. The Bertz CT molecular complexity index is 866. The largest absolute Gasteiger partial charge is 0.378 e. The molecule has 4 heterocycles. The van der Waals surface area contributed by atoms with Crippen LogP contribution in [0.15, 0.2) is 24.5 Å². The summed E-state index contributed by atoms with van der Waals surface area (Å²) < 4.78 is 7.12. The molecule has 1 N–H and O–H groups in total. The molecule has 2 fully saturated rings. The van der Waals surface area contributed by atoms with Gasteiger partial charge < -0.3 is 19.9 Å². The summed E-state index contributed by atoms with van der Waals surface area (Å²) in [7, 11) is 0. The normalized spacial score (nSPS) is 18.2. The summed E-state index contributed by atoms with van der Waals surface area (Å²) >= 11 is 0. The average Bonchev–Trinajstić information content (AvgIpc) is 3.21. The number of hydrogen-bond acceptors (Lipinski definition) is 4. The second kappa shape index (κ2) is 8.82. The van der Waals surface area contributed by atoms with Gasteiger partial charge in [0, 0.05) is 38.9 Å². The van der Waals surface area contributed by atoms with E-state index in [0.29, 0.717) is 37.8 Å². The number of hydrogen-bond donors (Lipinski definition) is 1. The van der Waals surface area contributed by atoms with Crippen LogP contribution in [0.1, 0.15) is 48.0 Å². The first-order chi connectivity index (χ1) is 14.2. The van der Waals surface area contributed by atoms with Gasteiger partial charge in [-0.25, -0.2) is 9.31 Å². The Hall–Kier alpha value is -2.61. The van der Waals surface area contributed by atoms with Crippen LogP contribution < -0.4 is 5.32 Å². The number of likely N-dealkylation sites (tertiary alicyclic amines) is 1. The average molecular weight is 399 g/mol. The van der Waals surface area contributed by atoms with E-state index in [1.54, 1.807) is 10.7 Å². The molecule has 0 aliphatic carbocycles. The third-order valence-corrected chi connectivity index (χ3v) is 5.85. The molecule has 2 saturated heterocycles. The molecule has 4 rings (SSSR count). The van der Waals surface area contributed by atoms with Crippen LogP contribution in [-0.2, 0) is 4.74 Å². The van der Waals surface area contributed by atoms with E-state index in [-0.39, 0.29) is 11.9 Å². The molecule has 29 heavy (non-hydrogen) atoms. The summed E-state index contributed by atoms with van der Waals surface area (Å²) in [6.07, 6.45) is 6.39. The van der Waals surface area contributed by atoms with Crippen molar-refractivity contribution in [2.45, 2.75) is 32.1 Å². The second-order valence-corrected chi connectivity index (χ2v) is 7.75. The van der Waals surface area contributed by atoms with E-state index in [9.17, 15) is 9.59 Å². The second-order valence-electron chi connectivity index (χ2n) is 7.75. The third-order valence-electron chi connectivity index (χ3n) is 5.85. The highest BCUT2D eigenvalue weighted by molar-refractivity contribution is 6.00. The number of ether oxygens (including phenoxy) is 1. The fourth-order valence-electron chi connectivity index (χ4n) is 4.11. The molecule has 2 aliphatic heterocycles. The molecule has 2 aliphatic rings. The number of fused-ring (bicyclic) bond motifs is 1. The summed E-state index contributed by atoms with van der Waals surface area (Å²) in [6.45, 7) is 6.69.